The van der Waals surface area contributed by atoms with Crippen LogP contribution in [0.25, 0.3) is 0 Å². The number of alkyl carbamates (subject to hydrolysis) is 1. The lowest BCUT2D eigenvalue weighted by Crippen LogP contribution is -2.56. The number of anilines is 1. The van der Waals surface area contributed by atoms with Crippen molar-refractivity contribution in [1.29, 1.82) is 5.26 Å². The Morgan fingerprint density at radius 1 is 1.06 bits per heavy atom. The van der Waals surface area contributed by atoms with E-state index in [1.165, 1.54) is 0 Å². The van der Waals surface area contributed by atoms with Crippen molar-refractivity contribution in [3.63, 3.8) is 0 Å². The normalized spacial score (nSPS) is 15.1. The molecule has 0 aliphatic heterocycles. The van der Waals surface area contributed by atoms with Gasteiger partial charge < -0.3 is 14.8 Å². The van der Waals surface area contributed by atoms with Crippen LogP contribution in [0.2, 0.25) is 0 Å². The average Bonchev–Trinajstić information content (AvgIpc) is 2.77. The van der Waals surface area contributed by atoms with Crippen molar-refractivity contribution in [3.05, 3.63) is 65.2 Å². The van der Waals surface area contributed by atoms with Crippen molar-refractivity contribution < 1.29 is 19.1 Å². The molecule has 1 aliphatic rings. The van der Waals surface area contributed by atoms with Gasteiger partial charge in [-0.25, -0.2) is 9.59 Å². The third kappa shape index (κ3) is 6.98. The number of rotatable bonds is 6. The summed E-state index contributed by atoms with van der Waals surface area (Å²) in [6.07, 6.45) is 3.75. The Kier molecular flexibility index (Phi) is 7.59. The SMILES string of the molecule is CC(C)(C)OC(=O)NC1(Nc2cc(C(=O)OCc3ccccc3)ccc2C#N)CCCCC1. The number of hydrogen-bond acceptors (Lipinski definition) is 6. The summed E-state index contributed by atoms with van der Waals surface area (Å²) in [6, 6.07) is 16.4. The molecule has 0 bridgehead atoms. The molecule has 3 rings (SSSR count). The van der Waals surface area contributed by atoms with Crippen molar-refractivity contribution >= 4 is 17.7 Å². The van der Waals surface area contributed by atoms with E-state index in [9.17, 15) is 14.9 Å². The predicted molar refractivity (Wildman–Crippen MR) is 126 cm³/mol. The van der Waals surface area contributed by atoms with Gasteiger partial charge in [-0.05, 0) is 70.2 Å². The maximum atomic E-state index is 12.7. The molecule has 1 fully saturated rings. The number of amides is 1. The van der Waals surface area contributed by atoms with Crippen molar-refractivity contribution in [3.8, 4) is 6.07 Å². The fourth-order valence-electron chi connectivity index (χ4n) is 3.87. The van der Waals surface area contributed by atoms with Crippen molar-refractivity contribution in [2.75, 3.05) is 5.32 Å². The lowest BCUT2D eigenvalue weighted by molar-refractivity contribution is 0.0440. The Labute approximate surface area is 195 Å². The summed E-state index contributed by atoms with van der Waals surface area (Å²) < 4.78 is 10.9. The van der Waals surface area contributed by atoms with E-state index in [1.54, 1.807) is 18.2 Å². The molecule has 33 heavy (non-hydrogen) atoms. The van der Waals surface area contributed by atoms with Crippen LogP contribution in [-0.4, -0.2) is 23.3 Å². The molecule has 0 radical (unpaired) electrons. The minimum atomic E-state index is -0.765. The predicted octanol–water partition coefficient (Wildman–Crippen LogP) is 5.51. The van der Waals surface area contributed by atoms with Crippen LogP contribution in [0.4, 0.5) is 10.5 Å². The number of benzene rings is 2. The summed E-state index contributed by atoms with van der Waals surface area (Å²) in [5.41, 5.74) is 0.685. The molecule has 2 aromatic rings. The second kappa shape index (κ2) is 10.4. The molecular formula is C26H31N3O4. The molecule has 2 aromatic carbocycles. The van der Waals surface area contributed by atoms with Gasteiger partial charge in [-0.3, -0.25) is 5.32 Å². The summed E-state index contributed by atoms with van der Waals surface area (Å²) in [5.74, 6) is -0.482. The van der Waals surface area contributed by atoms with Crippen molar-refractivity contribution in [1.82, 2.24) is 5.32 Å². The smallest absolute Gasteiger partial charge is 0.409 e. The summed E-state index contributed by atoms with van der Waals surface area (Å²) in [5, 5.41) is 16.0. The summed E-state index contributed by atoms with van der Waals surface area (Å²) in [4.78, 5) is 25.2. The molecule has 0 aromatic heterocycles. The zero-order valence-corrected chi connectivity index (χ0v) is 19.4. The maximum Gasteiger partial charge on any atom is 0.409 e. The highest BCUT2D eigenvalue weighted by atomic mass is 16.6. The fourth-order valence-corrected chi connectivity index (χ4v) is 3.87. The maximum absolute atomic E-state index is 12.7. The van der Waals surface area contributed by atoms with E-state index in [0.717, 1.165) is 24.8 Å². The molecule has 1 aliphatic carbocycles. The summed E-state index contributed by atoms with van der Waals surface area (Å²) in [6.45, 7) is 5.59. The molecule has 1 amide bonds. The quantitative estimate of drug-likeness (QED) is 0.445. The van der Waals surface area contributed by atoms with Gasteiger partial charge in [0, 0.05) is 0 Å². The third-order valence-electron chi connectivity index (χ3n) is 5.41. The van der Waals surface area contributed by atoms with E-state index in [1.807, 2.05) is 51.1 Å². The first-order chi connectivity index (χ1) is 15.7. The molecule has 0 heterocycles. The van der Waals surface area contributed by atoms with E-state index in [-0.39, 0.29) is 6.61 Å². The lowest BCUT2D eigenvalue weighted by atomic mass is 9.88. The largest absolute Gasteiger partial charge is 0.457 e. The first kappa shape index (κ1) is 24.1. The van der Waals surface area contributed by atoms with Crippen LogP contribution in [0, 0.1) is 11.3 Å². The molecule has 2 N–H and O–H groups in total. The van der Waals surface area contributed by atoms with Crippen LogP contribution in [0.5, 0.6) is 0 Å². The van der Waals surface area contributed by atoms with Crippen LogP contribution in [0.1, 0.15) is 74.4 Å². The van der Waals surface area contributed by atoms with E-state index in [4.69, 9.17) is 9.47 Å². The lowest BCUT2D eigenvalue weighted by Gasteiger charge is -2.40. The fraction of sp³-hybridized carbons (Fsp3) is 0.423. The second-order valence-electron chi connectivity index (χ2n) is 9.33. The summed E-state index contributed by atoms with van der Waals surface area (Å²) >= 11 is 0. The zero-order chi connectivity index (χ0) is 23.9. The highest BCUT2D eigenvalue weighted by Gasteiger charge is 2.35. The van der Waals surface area contributed by atoms with Gasteiger partial charge in [0.15, 0.2) is 0 Å². The van der Waals surface area contributed by atoms with Crippen LogP contribution in [-0.2, 0) is 16.1 Å². The van der Waals surface area contributed by atoms with Crippen LogP contribution in [0.3, 0.4) is 0 Å². The third-order valence-corrected chi connectivity index (χ3v) is 5.41. The van der Waals surface area contributed by atoms with Crippen LogP contribution in [0.15, 0.2) is 48.5 Å². The molecular weight excluding hydrogens is 418 g/mol. The van der Waals surface area contributed by atoms with Gasteiger partial charge in [0.05, 0.1) is 16.8 Å². The molecule has 7 nitrogen and oxygen atoms in total. The summed E-state index contributed by atoms with van der Waals surface area (Å²) in [7, 11) is 0. The monoisotopic (exact) mass is 449 g/mol. The number of nitrogens with zero attached hydrogens (tertiary/aromatic N) is 1. The number of hydrogen-bond donors (Lipinski definition) is 2. The Morgan fingerprint density at radius 2 is 1.76 bits per heavy atom. The van der Waals surface area contributed by atoms with Crippen molar-refractivity contribution in [2.24, 2.45) is 0 Å². The molecule has 0 unspecified atom stereocenters. The van der Waals surface area contributed by atoms with Crippen LogP contribution < -0.4 is 10.6 Å². The van der Waals surface area contributed by atoms with Gasteiger partial charge in [0.1, 0.15) is 23.9 Å². The highest BCUT2D eigenvalue weighted by molar-refractivity contribution is 5.91. The van der Waals surface area contributed by atoms with E-state index in [2.05, 4.69) is 16.7 Å². The Bertz CT molecular complexity index is 1020. The number of nitriles is 1. The first-order valence-corrected chi connectivity index (χ1v) is 11.2. The van der Waals surface area contributed by atoms with Gasteiger partial charge in [-0.15, -0.1) is 0 Å². The molecule has 1 saturated carbocycles. The van der Waals surface area contributed by atoms with Gasteiger partial charge in [-0.1, -0.05) is 36.8 Å². The Balaban J connectivity index is 1.79. The van der Waals surface area contributed by atoms with E-state index in [0.29, 0.717) is 29.7 Å². The van der Waals surface area contributed by atoms with Gasteiger partial charge in [-0.2, -0.15) is 5.26 Å². The first-order valence-electron chi connectivity index (χ1n) is 11.2. The highest BCUT2D eigenvalue weighted by Crippen LogP contribution is 2.32. The number of ether oxygens (including phenoxy) is 2. The van der Waals surface area contributed by atoms with Crippen molar-refractivity contribution in [2.45, 2.75) is 70.7 Å². The standard InChI is InChI=1S/C26H31N3O4/c1-25(2,3)33-24(31)29-26(14-8-5-9-15-26)28-22-16-20(12-13-21(22)17-27)23(30)32-18-19-10-6-4-7-11-19/h4,6-7,10-13,16,28H,5,8-9,14-15,18H2,1-3H3,(H,29,31). The Hall–Kier alpha value is -3.53. The number of carbonyl (C=O) groups excluding carboxylic acids is 2. The topological polar surface area (TPSA) is 100 Å². The zero-order valence-electron chi connectivity index (χ0n) is 19.4. The number of carbonyl (C=O) groups is 2. The minimum absolute atomic E-state index is 0.159. The molecule has 0 atom stereocenters. The number of nitrogens with one attached hydrogen (secondary N) is 2. The molecule has 0 spiro atoms. The van der Waals surface area contributed by atoms with E-state index >= 15 is 0 Å². The van der Waals surface area contributed by atoms with Gasteiger partial charge in [0.2, 0.25) is 0 Å². The van der Waals surface area contributed by atoms with Crippen LogP contribution >= 0.6 is 0 Å². The second-order valence-corrected chi connectivity index (χ2v) is 9.33. The number of esters is 1. The minimum Gasteiger partial charge on any atom is -0.457 e. The van der Waals surface area contributed by atoms with Gasteiger partial charge >= 0.3 is 12.1 Å². The molecule has 0 saturated heterocycles. The van der Waals surface area contributed by atoms with E-state index < -0.39 is 23.3 Å². The molecule has 7 heteroatoms. The molecule has 174 valence electrons. The van der Waals surface area contributed by atoms with Gasteiger partial charge in [0.25, 0.3) is 0 Å². The Morgan fingerprint density at radius 3 is 2.39 bits per heavy atom. The average molecular weight is 450 g/mol.